The number of carbonyl (C=O) groups excluding carboxylic acids is 1. The number of furan rings is 1. The first-order valence-electron chi connectivity index (χ1n) is 9.27. The average Bonchev–Trinajstić information content (AvgIpc) is 3.28. The van der Waals surface area contributed by atoms with Crippen molar-refractivity contribution in [3.63, 3.8) is 0 Å². The van der Waals surface area contributed by atoms with Crippen LogP contribution in [-0.4, -0.2) is 39.5 Å². The zero-order chi connectivity index (χ0) is 22.6. The molecule has 1 unspecified atom stereocenters. The highest BCUT2D eigenvalue weighted by Crippen LogP contribution is 2.43. The molecule has 0 spiro atoms. The fraction of sp³-hybridized carbons (Fsp3) is 0.174. The summed E-state index contributed by atoms with van der Waals surface area (Å²) in [6, 6.07) is 10.9. The van der Waals surface area contributed by atoms with Gasteiger partial charge in [0.1, 0.15) is 22.3 Å². The Kier molecular flexibility index (Phi) is 6.50. The number of methoxy groups -OCH3 is 2. The Morgan fingerprint density at radius 3 is 2.48 bits per heavy atom. The Bertz CT molecular complexity index is 1190. The largest absolute Gasteiger partial charge is 0.508 e. The molecule has 3 rings (SSSR count). The molecule has 2 aromatic carbocycles. The first-order valence-corrected chi connectivity index (χ1v) is 11.0. The van der Waals surface area contributed by atoms with E-state index >= 15 is 0 Å². The van der Waals surface area contributed by atoms with E-state index < -0.39 is 21.1 Å². The van der Waals surface area contributed by atoms with E-state index in [1.807, 2.05) is 0 Å². The maximum atomic E-state index is 13.3. The van der Waals surface area contributed by atoms with Gasteiger partial charge in [0.05, 0.1) is 32.5 Å². The SMILES string of the molecule is C=CCS(=O)(=O)C(c1ccccc1O)c1ccc(-c2ccoc2)c(OC)c1C(=O)OC. The second-order valence-electron chi connectivity index (χ2n) is 6.67. The van der Waals surface area contributed by atoms with Crippen LogP contribution in [-0.2, 0) is 14.6 Å². The molecular weight excluding hydrogens is 420 g/mol. The minimum atomic E-state index is -3.92. The van der Waals surface area contributed by atoms with Crippen LogP contribution in [0.5, 0.6) is 11.5 Å². The number of hydrogen-bond donors (Lipinski definition) is 1. The molecule has 3 aromatic rings. The third kappa shape index (κ3) is 4.20. The molecular formula is C23H22O7S. The zero-order valence-corrected chi connectivity index (χ0v) is 17.9. The minimum absolute atomic E-state index is 0.0513. The number of carbonyl (C=O) groups is 1. The van der Waals surface area contributed by atoms with Gasteiger partial charge >= 0.3 is 5.97 Å². The van der Waals surface area contributed by atoms with Gasteiger partial charge in [-0.2, -0.15) is 0 Å². The van der Waals surface area contributed by atoms with Gasteiger partial charge in [-0.15, -0.1) is 6.58 Å². The molecule has 0 radical (unpaired) electrons. The Labute approximate surface area is 180 Å². The number of benzene rings is 2. The summed E-state index contributed by atoms with van der Waals surface area (Å²) in [5.41, 5.74) is 1.37. The number of ether oxygens (including phenoxy) is 2. The number of esters is 1. The van der Waals surface area contributed by atoms with Gasteiger partial charge < -0.3 is 19.0 Å². The van der Waals surface area contributed by atoms with E-state index in [-0.39, 0.29) is 33.9 Å². The van der Waals surface area contributed by atoms with Crippen molar-refractivity contribution >= 4 is 15.8 Å². The van der Waals surface area contributed by atoms with Crippen molar-refractivity contribution < 1.29 is 32.2 Å². The highest BCUT2D eigenvalue weighted by atomic mass is 32.2. The molecule has 0 aliphatic carbocycles. The summed E-state index contributed by atoms with van der Waals surface area (Å²) in [6.07, 6.45) is 4.21. The Balaban J connectivity index is 2.40. The number of para-hydroxylation sites is 1. The van der Waals surface area contributed by atoms with Gasteiger partial charge in [-0.05, 0) is 17.7 Å². The molecule has 1 N–H and O–H groups in total. The molecule has 8 heteroatoms. The quantitative estimate of drug-likeness (QED) is 0.413. The molecule has 1 atom stereocenters. The van der Waals surface area contributed by atoms with Gasteiger partial charge in [0.15, 0.2) is 9.84 Å². The maximum absolute atomic E-state index is 13.3. The smallest absolute Gasteiger partial charge is 0.342 e. The summed E-state index contributed by atoms with van der Waals surface area (Å²) in [5, 5.41) is 9.09. The monoisotopic (exact) mass is 442 g/mol. The van der Waals surface area contributed by atoms with Crippen LogP contribution >= 0.6 is 0 Å². The molecule has 162 valence electrons. The lowest BCUT2D eigenvalue weighted by Gasteiger charge is -2.23. The van der Waals surface area contributed by atoms with E-state index in [0.717, 1.165) is 0 Å². The van der Waals surface area contributed by atoms with Crippen molar-refractivity contribution in [1.29, 1.82) is 0 Å². The van der Waals surface area contributed by atoms with E-state index in [4.69, 9.17) is 13.9 Å². The van der Waals surface area contributed by atoms with E-state index in [0.29, 0.717) is 11.1 Å². The van der Waals surface area contributed by atoms with Crippen LogP contribution in [0.25, 0.3) is 11.1 Å². The van der Waals surface area contributed by atoms with Crippen LogP contribution in [0.2, 0.25) is 0 Å². The van der Waals surface area contributed by atoms with Gasteiger partial charge in [-0.1, -0.05) is 36.4 Å². The first kappa shape index (κ1) is 22.2. The number of rotatable bonds is 8. The number of phenolic OH excluding ortho intramolecular Hbond substituents is 1. The van der Waals surface area contributed by atoms with Gasteiger partial charge in [-0.25, -0.2) is 13.2 Å². The molecule has 1 heterocycles. The summed E-state index contributed by atoms with van der Waals surface area (Å²) in [7, 11) is -1.34. The van der Waals surface area contributed by atoms with Crippen molar-refractivity contribution in [2.24, 2.45) is 0 Å². The second-order valence-corrected chi connectivity index (χ2v) is 8.80. The van der Waals surface area contributed by atoms with Crippen LogP contribution < -0.4 is 4.74 Å². The minimum Gasteiger partial charge on any atom is -0.508 e. The molecule has 0 saturated heterocycles. The third-order valence-electron chi connectivity index (χ3n) is 4.83. The maximum Gasteiger partial charge on any atom is 0.342 e. The van der Waals surface area contributed by atoms with E-state index in [2.05, 4.69) is 6.58 Å². The number of phenols is 1. The number of aromatic hydroxyl groups is 1. The van der Waals surface area contributed by atoms with Crippen molar-refractivity contribution in [3.8, 4) is 22.6 Å². The van der Waals surface area contributed by atoms with Crippen LogP contribution in [0.4, 0.5) is 0 Å². The van der Waals surface area contributed by atoms with E-state index in [1.165, 1.54) is 51.0 Å². The summed E-state index contributed by atoms with van der Waals surface area (Å²) < 4.78 is 42.2. The van der Waals surface area contributed by atoms with E-state index in [9.17, 15) is 18.3 Å². The zero-order valence-electron chi connectivity index (χ0n) is 17.1. The molecule has 1 aromatic heterocycles. The second kappa shape index (κ2) is 9.09. The first-order chi connectivity index (χ1) is 14.9. The normalized spacial score (nSPS) is 12.2. The fourth-order valence-corrected chi connectivity index (χ4v) is 5.20. The van der Waals surface area contributed by atoms with Crippen molar-refractivity contribution in [1.82, 2.24) is 0 Å². The van der Waals surface area contributed by atoms with Gasteiger partial charge in [0, 0.05) is 16.7 Å². The van der Waals surface area contributed by atoms with Gasteiger partial charge in [0.25, 0.3) is 0 Å². The summed E-state index contributed by atoms with van der Waals surface area (Å²) >= 11 is 0. The van der Waals surface area contributed by atoms with Crippen LogP contribution in [0.15, 0.2) is 72.1 Å². The lowest BCUT2D eigenvalue weighted by atomic mass is 9.93. The fourth-order valence-electron chi connectivity index (χ4n) is 3.51. The highest BCUT2D eigenvalue weighted by Gasteiger charge is 2.36. The van der Waals surface area contributed by atoms with Gasteiger partial charge in [-0.3, -0.25) is 0 Å². The molecule has 0 amide bonds. The van der Waals surface area contributed by atoms with Crippen molar-refractivity contribution in [2.45, 2.75) is 5.25 Å². The molecule has 0 bridgehead atoms. The van der Waals surface area contributed by atoms with Crippen LogP contribution in [0.3, 0.4) is 0 Å². The predicted octanol–water partition coefficient (Wildman–Crippen LogP) is 4.14. The predicted molar refractivity (Wildman–Crippen MR) is 116 cm³/mol. The molecule has 0 saturated carbocycles. The summed E-state index contributed by atoms with van der Waals surface area (Å²) in [4.78, 5) is 12.8. The van der Waals surface area contributed by atoms with Crippen LogP contribution in [0, 0.1) is 0 Å². The Hall–Kier alpha value is -3.52. The van der Waals surface area contributed by atoms with Crippen LogP contribution in [0.1, 0.15) is 26.7 Å². The lowest BCUT2D eigenvalue weighted by Crippen LogP contribution is -2.21. The van der Waals surface area contributed by atoms with E-state index in [1.54, 1.807) is 24.3 Å². The molecule has 31 heavy (non-hydrogen) atoms. The highest BCUT2D eigenvalue weighted by molar-refractivity contribution is 7.92. The summed E-state index contributed by atoms with van der Waals surface area (Å²) in [5.74, 6) is -1.21. The van der Waals surface area contributed by atoms with Gasteiger partial charge in [0.2, 0.25) is 0 Å². The average molecular weight is 442 g/mol. The molecule has 0 fully saturated rings. The van der Waals surface area contributed by atoms with Crippen molar-refractivity contribution in [3.05, 3.63) is 84.3 Å². The Morgan fingerprint density at radius 2 is 1.90 bits per heavy atom. The third-order valence-corrected chi connectivity index (χ3v) is 6.75. The number of sulfone groups is 1. The molecule has 0 aliphatic rings. The summed E-state index contributed by atoms with van der Waals surface area (Å²) in [6.45, 7) is 3.52. The molecule has 7 nitrogen and oxygen atoms in total. The number of hydrogen-bond acceptors (Lipinski definition) is 7. The standard InChI is InChI=1S/C23H22O7S/c1-4-13-31(26,27)22(17-7-5-6-8-19(17)24)18-10-9-16(15-11-12-30-14-15)21(28-2)20(18)23(25)29-3/h4-12,14,22,24H,1,13H2,2-3H3. The topological polar surface area (TPSA) is 103 Å². The van der Waals surface area contributed by atoms with Crippen molar-refractivity contribution in [2.75, 3.05) is 20.0 Å². The Morgan fingerprint density at radius 1 is 1.16 bits per heavy atom. The molecule has 0 aliphatic heterocycles. The lowest BCUT2D eigenvalue weighted by molar-refractivity contribution is 0.0596.